The SMILES string of the molecule is C/C(=C/C(=O)NCC(C)CO)c1cccc(C(F)(F)F)c1. The summed E-state index contributed by atoms with van der Waals surface area (Å²) in [5, 5.41) is 11.4. The normalized spacial score (nSPS) is 13.9. The van der Waals surface area contributed by atoms with Crippen molar-refractivity contribution in [2.24, 2.45) is 5.92 Å². The van der Waals surface area contributed by atoms with E-state index in [4.69, 9.17) is 5.11 Å². The minimum Gasteiger partial charge on any atom is -0.396 e. The summed E-state index contributed by atoms with van der Waals surface area (Å²) >= 11 is 0. The zero-order chi connectivity index (χ0) is 16.0. The molecule has 0 spiro atoms. The van der Waals surface area contributed by atoms with Gasteiger partial charge in [-0.2, -0.15) is 13.2 Å². The van der Waals surface area contributed by atoms with Gasteiger partial charge in [0.2, 0.25) is 5.91 Å². The summed E-state index contributed by atoms with van der Waals surface area (Å²) in [4.78, 5) is 11.6. The molecule has 6 heteroatoms. The molecular weight excluding hydrogens is 283 g/mol. The van der Waals surface area contributed by atoms with Gasteiger partial charge in [0, 0.05) is 19.2 Å². The fourth-order valence-electron chi connectivity index (χ4n) is 1.61. The molecule has 0 radical (unpaired) electrons. The van der Waals surface area contributed by atoms with Gasteiger partial charge in [-0.05, 0) is 36.1 Å². The Balaban J connectivity index is 2.81. The number of amides is 1. The molecule has 1 unspecified atom stereocenters. The van der Waals surface area contributed by atoms with E-state index in [0.29, 0.717) is 17.7 Å². The van der Waals surface area contributed by atoms with Gasteiger partial charge in [-0.25, -0.2) is 0 Å². The largest absolute Gasteiger partial charge is 0.416 e. The topological polar surface area (TPSA) is 49.3 Å². The van der Waals surface area contributed by atoms with Crippen LogP contribution in [0, 0.1) is 5.92 Å². The van der Waals surface area contributed by atoms with Crippen molar-refractivity contribution in [2.45, 2.75) is 20.0 Å². The smallest absolute Gasteiger partial charge is 0.396 e. The van der Waals surface area contributed by atoms with Crippen LogP contribution in [-0.2, 0) is 11.0 Å². The van der Waals surface area contributed by atoms with E-state index in [1.54, 1.807) is 13.8 Å². The molecule has 21 heavy (non-hydrogen) atoms. The lowest BCUT2D eigenvalue weighted by molar-refractivity contribution is -0.137. The first-order valence-electron chi connectivity index (χ1n) is 6.48. The predicted octanol–water partition coefficient (Wildman–Crippen LogP) is 2.85. The zero-order valence-electron chi connectivity index (χ0n) is 11.9. The number of allylic oxidation sites excluding steroid dienone is 1. The first-order valence-corrected chi connectivity index (χ1v) is 6.48. The van der Waals surface area contributed by atoms with Gasteiger partial charge in [0.05, 0.1) is 5.56 Å². The minimum atomic E-state index is -4.41. The summed E-state index contributed by atoms with van der Waals surface area (Å²) in [5.74, 6) is -0.471. The number of carbonyl (C=O) groups excluding carboxylic acids is 1. The molecule has 2 N–H and O–H groups in total. The van der Waals surface area contributed by atoms with Crippen molar-refractivity contribution in [2.75, 3.05) is 13.2 Å². The fraction of sp³-hybridized carbons (Fsp3) is 0.400. The molecule has 3 nitrogen and oxygen atoms in total. The molecule has 116 valence electrons. The van der Waals surface area contributed by atoms with Crippen LogP contribution in [0.15, 0.2) is 30.3 Å². The van der Waals surface area contributed by atoms with Gasteiger partial charge in [0.1, 0.15) is 0 Å². The summed E-state index contributed by atoms with van der Waals surface area (Å²) in [6.07, 6.45) is -3.16. The lowest BCUT2D eigenvalue weighted by Gasteiger charge is -2.10. The van der Waals surface area contributed by atoms with E-state index in [1.165, 1.54) is 18.2 Å². The van der Waals surface area contributed by atoms with Crippen LogP contribution in [-0.4, -0.2) is 24.2 Å². The number of aliphatic hydroxyl groups excluding tert-OH is 1. The van der Waals surface area contributed by atoms with Crippen LogP contribution in [0.25, 0.3) is 5.57 Å². The Hall–Kier alpha value is -1.82. The number of hydrogen-bond acceptors (Lipinski definition) is 2. The summed E-state index contributed by atoms with van der Waals surface area (Å²) in [6.45, 7) is 3.60. The van der Waals surface area contributed by atoms with E-state index in [2.05, 4.69) is 5.32 Å². The highest BCUT2D eigenvalue weighted by Crippen LogP contribution is 2.30. The Morgan fingerprint density at radius 3 is 2.67 bits per heavy atom. The highest BCUT2D eigenvalue weighted by Gasteiger charge is 2.30. The number of alkyl halides is 3. The molecule has 0 aliphatic heterocycles. The number of nitrogens with one attached hydrogen (secondary N) is 1. The van der Waals surface area contributed by atoms with Gasteiger partial charge in [-0.15, -0.1) is 0 Å². The van der Waals surface area contributed by atoms with Gasteiger partial charge in [0.25, 0.3) is 0 Å². The second-order valence-corrected chi connectivity index (χ2v) is 4.94. The van der Waals surface area contributed by atoms with Gasteiger partial charge in [-0.1, -0.05) is 19.1 Å². The second kappa shape index (κ2) is 7.26. The monoisotopic (exact) mass is 301 g/mol. The Kier molecular flexibility index (Phi) is 5.96. The van der Waals surface area contributed by atoms with Crippen molar-refractivity contribution >= 4 is 11.5 Å². The molecule has 1 rings (SSSR count). The number of rotatable bonds is 5. The molecule has 0 heterocycles. The highest BCUT2D eigenvalue weighted by molar-refractivity contribution is 5.94. The molecular formula is C15H18F3NO2. The van der Waals surface area contributed by atoms with Crippen LogP contribution in [0.3, 0.4) is 0 Å². The maximum atomic E-state index is 12.6. The second-order valence-electron chi connectivity index (χ2n) is 4.94. The molecule has 0 bridgehead atoms. The van der Waals surface area contributed by atoms with Crippen LogP contribution in [0.2, 0.25) is 0 Å². The van der Waals surface area contributed by atoms with Gasteiger partial charge in [-0.3, -0.25) is 4.79 Å². The number of benzene rings is 1. The van der Waals surface area contributed by atoms with Crippen LogP contribution in [0.4, 0.5) is 13.2 Å². The third-order valence-corrected chi connectivity index (χ3v) is 2.93. The molecule has 0 fully saturated rings. The third-order valence-electron chi connectivity index (χ3n) is 2.93. The number of hydrogen-bond donors (Lipinski definition) is 2. The Morgan fingerprint density at radius 1 is 1.43 bits per heavy atom. The average molecular weight is 301 g/mol. The molecule has 1 amide bonds. The van der Waals surface area contributed by atoms with E-state index >= 15 is 0 Å². The fourth-order valence-corrected chi connectivity index (χ4v) is 1.61. The van der Waals surface area contributed by atoms with Crippen molar-refractivity contribution < 1.29 is 23.1 Å². The maximum Gasteiger partial charge on any atom is 0.416 e. The zero-order valence-corrected chi connectivity index (χ0v) is 11.9. The molecule has 1 aromatic carbocycles. The van der Waals surface area contributed by atoms with Crippen molar-refractivity contribution in [1.82, 2.24) is 5.32 Å². The summed E-state index contributed by atoms with van der Waals surface area (Å²) in [5.41, 5.74) is 0.0347. The Bertz CT molecular complexity index is 524. The standard InChI is InChI=1S/C15H18F3NO2/c1-10(9-20)8-19-14(21)6-11(2)12-4-3-5-13(7-12)15(16,17)18/h3-7,10,20H,8-9H2,1-2H3,(H,19,21)/b11-6-. The predicted molar refractivity (Wildman–Crippen MR) is 74.4 cm³/mol. The van der Waals surface area contributed by atoms with Crippen LogP contribution >= 0.6 is 0 Å². The molecule has 0 aliphatic rings. The van der Waals surface area contributed by atoms with Crippen molar-refractivity contribution in [3.8, 4) is 0 Å². The van der Waals surface area contributed by atoms with Crippen molar-refractivity contribution in [3.05, 3.63) is 41.5 Å². The first-order chi connectivity index (χ1) is 9.74. The van der Waals surface area contributed by atoms with E-state index in [1.807, 2.05) is 0 Å². The molecule has 0 aliphatic carbocycles. The molecule has 0 saturated carbocycles. The van der Waals surface area contributed by atoms with E-state index in [-0.39, 0.29) is 12.5 Å². The van der Waals surface area contributed by atoms with E-state index in [9.17, 15) is 18.0 Å². The summed E-state index contributed by atoms with van der Waals surface area (Å²) in [7, 11) is 0. The van der Waals surface area contributed by atoms with Crippen LogP contribution in [0.1, 0.15) is 25.0 Å². The first kappa shape index (κ1) is 17.2. The summed E-state index contributed by atoms with van der Waals surface area (Å²) < 4.78 is 37.9. The number of halogens is 3. The van der Waals surface area contributed by atoms with E-state index in [0.717, 1.165) is 12.1 Å². The van der Waals surface area contributed by atoms with Crippen molar-refractivity contribution in [1.29, 1.82) is 0 Å². The van der Waals surface area contributed by atoms with Gasteiger partial charge < -0.3 is 10.4 Å². The number of carbonyl (C=O) groups is 1. The third kappa shape index (κ3) is 5.59. The van der Waals surface area contributed by atoms with Crippen LogP contribution < -0.4 is 5.32 Å². The summed E-state index contributed by atoms with van der Waals surface area (Å²) in [6, 6.07) is 4.82. The molecule has 1 aromatic rings. The van der Waals surface area contributed by atoms with Gasteiger partial charge in [0.15, 0.2) is 0 Å². The lowest BCUT2D eigenvalue weighted by Crippen LogP contribution is -2.28. The van der Waals surface area contributed by atoms with Gasteiger partial charge >= 0.3 is 6.18 Å². The molecule has 0 aromatic heterocycles. The highest BCUT2D eigenvalue weighted by atomic mass is 19.4. The minimum absolute atomic E-state index is 0.0450. The Labute approximate surface area is 121 Å². The maximum absolute atomic E-state index is 12.6. The Morgan fingerprint density at radius 2 is 2.10 bits per heavy atom. The average Bonchev–Trinajstić information content (AvgIpc) is 2.43. The molecule has 0 saturated heterocycles. The van der Waals surface area contributed by atoms with Crippen molar-refractivity contribution in [3.63, 3.8) is 0 Å². The molecule has 1 atom stereocenters. The lowest BCUT2D eigenvalue weighted by atomic mass is 10.0. The van der Waals surface area contributed by atoms with E-state index < -0.39 is 17.6 Å². The quantitative estimate of drug-likeness (QED) is 0.822. The number of aliphatic hydroxyl groups is 1. The van der Waals surface area contributed by atoms with Crippen LogP contribution in [0.5, 0.6) is 0 Å².